The summed E-state index contributed by atoms with van der Waals surface area (Å²) in [5.41, 5.74) is 5.84. The Bertz CT molecular complexity index is 262. The second kappa shape index (κ2) is 7.88. The average Bonchev–Trinajstić information content (AvgIpc) is 2.37. The Balaban J connectivity index is 2.18. The van der Waals surface area contributed by atoms with Crippen molar-refractivity contribution >= 4 is 5.91 Å². The van der Waals surface area contributed by atoms with Crippen LogP contribution < -0.4 is 11.1 Å². The zero-order valence-electron chi connectivity index (χ0n) is 13.0. The first kappa shape index (κ1) is 16.5. The monoisotopic (exact) mass is 268 g/mol. The number of nitrogens with two attached hydrogens (primary N) is 1. The standard InChI is InChI=1S/C16H32N2O/c1-16(2,3)14-9-7-13(8-10-14)15(19)18-12-6-4-5-11-17/h13-14H,4-12,17H2,1-3H3,(H,18,19). The molecular weight excluding hydrogens is 236 g/mol. The van der Waals surface area contributed by atoms with Crippen molar-refractivity contribution in [3.8, 4) is 0 Å². The van der Waals surface area contributed by atoms with Gasteiger partial charge in [0.15, 0.2) is 0 Å². The highest BCUT2D eigenvalue weighted by Gasteiger charge is 2.32. The average molecular weight is 268 g/mol. The molecule has 1 saturated carbocycles. The SMILES string of the molecule is CC(C)(C)C1CCC(C(=O)NCCCCCN)CC1. The van der Waals surface area contributed by atoms with E-state index in [2.05, 4.69) is 26.1 Å². The van der Waals surface area contributed by atoms with Crippen molar-refractivity contribution in [2.45, 2.75) is 65.7 Å². The van der Waals surface area contributed by atoms with Gasteiger partial charge in [0.25, 0.3) is 0 Å². The highest BCUT2D eigenvalue weighted by molar-refractivity contribution is 5.78. The minimum atomic E-state index is 0.258. The number of carbonyl (C=O) groups excluding carboxylic acids is 1. The molecule has 1 rings (SSSR count). The largest absolute Gasteiger partial charge is 0.356 e. The van der Waals surface area contributed by atoms with Gasteiger partial charge in [-0.1, -0.05) is 27.2 Å². The Hall–Kier alpha value is -0.570. The molecule has 0 atom stereocenters. The van der Waals surface area contributed by atoms with Crippen molar-refractivity contribution in [2.24, 2.45) is 23.0 Å². The van der Waals surface area contributed by atoms with Crippen LogP contribution in [0.5, 0.6) is 0 Å². The Kier molecular flexibility index (Phi) is 6.84. The van der Waals surface area contributed by atoms with Crippen LogP contribution in [0.15, 0.2) is 0 Å². The van der Waals surface area contributed by atoms with E-state index >= 15 is 0 Å². The van der Waals surface area contributed by atoms with Crippen molar-refractivity contribution in [1.82, 2.24) is 5.32 Å². The molecule has 0 aliphatic heterocycles. The van der Waals surface area contributed by atoms with Gasteiger partial charge in [-0.3, -0.25) is 4.79 Å². The van der Waals surface area contributed by atoms with E-state index in [-0.39, 0.29) is 11.8 Å². The van der Waals surface area contributed by atoms with Gasteiger partial charge in [-0.25, -0.2) is 0 Å². The summed E-state index contributed by atoms with van der Waals surface area (Å²) < 4.78 is 0. The lowest BCUT2D eigenvalue weighted by molar-refractivity contribution is -0.126. The number of nitrogens with one attached hydrogen (secondary N) is 1. The number of hydrogen-bond acceptors (Lipinski definition) is 2. The van der Waals surface area contributed by atoms with E-state index in [1.54, 1.807) is 0 Å². The molecule has 0 radical (unpaired) electrons. The normalized spacial score (nSPS) is 24.2. The fraction of sp³-hybridized carbons (Fsp3) is 0.938. The van der Waals surface area contributed by atoms with Gasteiger partial charge in [0.05, 0.1) is 0 Å². The summed E-state index contributed by atoms with van der Waals surface area (Å²) in [6.45, 7) is 8.52. The lowest BCUT2D eigenvalue weighted by atomic mass is 9.69. The molecule has 3 heteroatoms. The number of hydrogen-bond donors (Lipinski definition) is 2. The molecule has 0 aromatic heterocycles. The van der Waals surface area contributed by atoms with Crippen molar-refractivity contribution in [1.29, 1.82) is 0 Å². The highest BCUT2D eigenvalue weighted by atomic mass is 16.1. The third-order valence-corrected chi connectivity index (χ3v) is 4.50. The minimum absolute atomic E-state index is 0.258. The van der Waals surface area contributed by atoms with E-state index in [9.17, 15) is 4.79 Å². The van der Waals surface area contributed by atoms with Gasteiger partial charge in [0.1, 0.15) is 0 Å². The van der Waals surface area contributed by atoms with Gasteiger partial charge >= 0.3 is 0 Å². The predicted molar refractivity (Wildman–Crippen MR) is 80.8 cm³/mol. The van der Waals surface area contributed by atoms with Gasteiger partial charge in [0, 0.05) is 12.5 Å². The summed E-state index contributed by atoms with van der Waals surface area (Å²) in [6.07, 6.45) is 7.77. The summed E-state index contributed by atoms with van der Waals surface area (Å²) in [7, 11) is 0. The van der Waals surface area contributed by atoms with Crippen LogP contribution in [0.4, 0.5) is 0 Å². The molecule has 0 unspecified atom stereocenters. The van der Waals surface area contributed by atoms with Crippen LogP contribution in [0.3, 0.4) is 0 Å². The smallest absolute Gasteiger partial charge is 0.223 e. The van der Waals surface area contributed by atoms with Crippen LogP contribution in [-0.2, 0) is 4.79 Å². The topological polar surface area (TPSA) is 55.1 Å². The third-order valence-electron chi connectivity index (χ3n) is 4.50. The molecule has 3 nitrogen and oxygen atoms in total. The van der Waals surface area contributed by atoms with Gasteiger partial charge in [0.2, 0.25) is 5.91 Å². The van der Waals surface area contributed by atoms with Crippen LogP contribution in [0, 0.1) is 17.3 Å². The van der Waals surface area contributed by atoms with Crippen molar-refractivity contribution in [3.63, 3.8) is 0 Å². The van der Waals surface area contributed by atoms with E-state index < -0.39 is 0 Å². The molecule has 0 saturated heterocycles. The molecule has 3 N–H and O–H groups in total. The van der Waals surface area contributed by atoms with Crippen molar-refractivity contribution < 1.29 is 4.79 Å². The van der Waals surface area contributed by atoms with Gasteiger partial charge in [-0.2, -0.15) is 0 Å². The van der Waals surface area contributed by atoms with E-state index in [0.29, 0.717) is 5.41 Å². The summed E-state index contributed by atoms with van der Waals surface area (Å²) in [4.78, 5) is 12.1. The second-order valence-corrected chi connectivity index (χ2v) is 7.05. The Morgan fingerprint density at radius 3 is 2.26 bits per heavy atom. The molecule has 1 aliphatic rings. The molecular formula is C16H32N2O. The minimum Gasteiger partial charge on any atom is -0.356 e. The molecule has 0 aromatic rings. The lowest BCUT2D eigenvalue weighted by Crippen LogP contribution is -2.35. The van der Waals surface area contributed by atoms with Gasteiger partial charge < -0.3 is 11.1 Å². The van der Waals surface area contributed by atoms with Crippen molar-refractivity contribution in [2.75, 3.05) is 13.1 Å². The number of rotatable bonds is 6. The molecule has 0 bridgehead atoms. The molecule has 1 fully saturated rings. The predicted octanol–water partition coefficient (Wildman–Crippen LogP) is 3.08. The first-order valence-electron chi connectivity index (χ1n) is 7.93. The molecule has 0 spiro atoms. The number of unbranched alkanes of at least 4 members (excludes halogenated alkanes) is 2. The molecule has 0 heterocycles. The number of carbonyl (C=O) groups is 1. The van der Waals surface area contributed by atoms with E-state index in [0.717, 1.165) is 51.1 Å². The maximum atomic E-state index is 12.1. The Morgan fingerprint density at radius 1 is 1.11 bits per heavy atom. The maximum Gasteiger partial charge on any atom is 0.223 e. The van der Waals surface area contributed by atoms with Gasteiger partial charge in [-0.05, 0) is 56.4 Å². The second-order valence-electron chi connectivity index (χ2n) is 7.05. The highest BCUT2D eigenvalue weighted by Crippen LogP contribution is 2.39. The van der Waals surface area contributed by atoms with Crippen molar-refractivity contribution in [3.05, 3.63) is 0 Å². The first-order valence-corrected chi connectivity index (χ1v) is 7.93. The number of amides is 1. The van der Waals surface area contributed by atoms with Crippen LogP contribution in [0.2, 0.25) is 0 Å². The summed E-state index contributed by atoms with van der Waals surface area (Å²) in [6, 6.07) is 0. The molecule has 19 heavy (non-hydrogen) atoms. The third kappa shape index (κ3) is 5.94. The van der Waals surface area contributed by atoms with E-state index in [4.69, 9.17) is 5.73 Å². The van der Waals surface area contributed by atoms with Crippen LogP contribution in [0.1, 0.15) is 65.7 Å². The maximum absolute atomic E-state index is 12.1. The van der Waals surface area contributed by atoms with Crippen LogP contribution in [0.25, 0.3) is 0 Å². The summed E-state index contributed by atoms with van der Waals surface area (Å²) >= 11 is 0. The van der Waals surface area contributed by atoms with E-state index in [1.165, 1.54) is 12.8 Å². The fourth-order valence-electron chi connectivity index (χ4n) is 3.02. The summed E-state index contributed by atoms with van der Waals surface area (Å²) in [5.74, 6) is 1.31. The Labute approximate surface area is 118 Å². The van der Waals surface area contributed by atoms with Crippen LogP contribution >= 0.6 is 0 Å². The zero-order chi connectivity index (χ0) is 14.3. The molecule has 0 aromatic carbocycles. The lowest BCUT2D eigenvalue weighted by Gasteiger charge is -2.36. The quantitative estimate of drug-likeness (QED) is 0.727. The summed E-state index contributed by atoms with van der Waals surface area (Å²) in [5, 5.41) is 3.09. The molecule has 112 valence electrons. The van der Waals surface area contributed by atoms with Crippen LogP contribution in [-0.4, -0.2) is 19.0 Å². The molecule has 1 amide bonds. The zero-order valence-corrected chi connectivity index (χ0v) is 13.0. The first-order chi connectivity index (χ1) is 8.95. The molecule has 1 aliphatic carbocycles. The van der Waals surface area contributed by atoms with E-state index in [1.807, 2.05) is 0 Å². The van der Waals surface area contributed by atoms with Gasteiger partial charge in [-0.15, -0.1) is 0 Å². The Morgan fingerprint density at radius 2 is 1.74 bits per heavy atom. The fourth-order valence-corrected chi connectivity index (χ4v) is 3.02.